The van der Waals surface area contributed by atoms with Gasteiger partial charge in [-0.3, -0.25) is 4.79 Å². The van der Waals surface area contributed by atoms with Crippen molar-refractivity contribution < 1.29 is 9.35 Å². The molecule has 0 spiro atoms. The molecule has 1 saturated carbocycles. The summed E-state index contributed by atoms with van der Waals surface area (Å²) < 4.78 is 11.7. The van der Waals surface area contributed by atoms with Gasteiger partial charge in [0.05, 0.1) is 0 Å². The highest BCUT2D eigenvalue weighted by Gasteiger charge is 2.49. The van der Waals surface area contributed by atoms with Crippen LogP contribution < -0.4 is 0 Å². The van der Waals surface area contributed by atoms with Gasteiger partial charge < -0.3 is 9.45 Å². The minimum atomic E-state index is -0.584. The van der Waals surface area contributed by atoms with E-state index in [9.17, 15) is 9.35 Å². The Hall–Kier alpha value is -0.220. The predicted molar refractivity (Wildman–Crippen MR) is 102 cm³/mol. The Labute approximate surface area is 152 Å². The fourth-order valence-electron chi connectivity index (χ4n) is 4.99. The van der Waals surface area contributed by atoms with Gasteiger partial charge in [0.25, 0.3) is 0 Å². The molecule has 1 saturated heterocycles. The van der Waals surface area contributed by atoms with Gasteiger partial charge in [-0.2, -0.15) is 0 Å². The second-order valence-electron chi connectivity index (χ2n) is 9.35. The van der Waals surface area contributed by atoms with Gasteiger partial charge in [0, 0.05) is 20.0 Å². The number of rotatable bonds is 4. The van der Waals surface area contributed by atoms with Crippen molar-refractivity contribution in [2.45, 2.75) is 66.2 Å². The van der Waals surface area contributed by atoms with Gasteiger partial charge in [-0.05, 0) is 61.2 Å². The van der Waals surface area contributed by atoms with E-state index in [0.717, 1.165) is 37.2 Å². The first-order valence-electron chi connectivity index (χ1n) is 9.63. The second-order valence-corrected chi connectivity index (χ2v) is 11.0. The third-order valence-electron chi connectivity index (χ3n) is 7.61. The van der Waals surface area contributed by atoms with E-state index in [4.69, 9.17) is 0 Å². The number of carbonyl (C=O) groups is 1. The molecule has 0 N–H and O–H groups in total. The normalized spacial score (nSPS) is 32.5. The van der Waals surface area contributed by atoms with Gasteiger partial charge in [-0.15, -0.1) is 0 Å². The predicted octanol–water partition coefficient (Wildman–Crippen LogP) is 4.09. The van der Waals surface area contributed by atoms with Gasteiger partial charge in [-0.25, -0.2) is 0 Å². The van der Waals surface area contributed by atoms with E-state index in [-0.39, 0.29) is 16.7 Å². The molecule has 2 aliphatic rings. The minimum Gasteiger partial charge on any atom is -0.616 e. The van der Waals surface area contributed by atoms with E-state index in [2.05, 4.69) is 27.7 Å². The Balaban J connectivity index is 2.01. The van der Waals surface area contributed by atoms with E-state index in [1.165, 1.54) is 12.8 Å². The fourth-order valence-corrected chi connectivity index (χ4v) is 6.29. The van der Waals surface area contributed by atoms with Crippen molar-refractivity contribution in [1.29, 1.82) is 0 Å². The molecule has 1 aliphatic heterocycles. The molecular formula is C20H37NO2S. The molecule has 1 amide bonds. The van der Waals surface area contributed by atoms with E-state index >= 15 is 0 Å². The average Bonchev–Trinajstić information content (AvgIpc) is 2.54. The third-order valence-corrected chi connectivity index (χ3v) is 8.99. The average molecular weight is 356 g/mol. The fraction of sp³-hybridized carbons (Fsp3) is 0.950. The quantitative estimate of drug-likeness (QED) is 0.713. The van der Waals surface area contributed by atoms with Crippen LogP contribution in [0.15, 0.2) is 0 Å². The zero-order chi connectivity index (χ0) is 18.1. The summed E-state index contributed by atoms with van der Waals surface area (Å²) in [6.07, 6.45) is 6.62. The first kappa shape index (κ1) is 20.1. The van der Waals surface area contributed by atoms with Gasteiger partial charge in [0.1, 0.15) is 11.5 Å². The van der Waals surface area contributed by atoms with E-state index in [1.54, 1.807) is 4.90 Å². The summed E-state index contributed by atoms with van der Waals surface area (Å²) in [5.74, 6) is 3.66. The van der Waals surface area contributed by atoms with E-state index in [1.807, 2.05) is 14.1 Å². The maximum Gasteiger partial charge on any atom is 0.225 e. The highest BCUT2D eigenvalue weighted by atomic mass is 32.2. The summed E-state index contributed by atoms with van der Waals surface area (Å²) in [5.41, 5.74) is 0.503. The topological polar surface area (TPSA) is 43.4 Å². The molecule has 0 unspecified atom stereocenters. The van der Waals surface area contributed by atoms with Crippen molar-refractivity contribution in [3.63, 3.8) is 0 Å². The minimum absolute atomic E-state index is 0.229. The zero-order valence-corrected chi connectivity index (χ0v) is 17.4. The monoisotopic (exact) mass is 355 g/mol. The summed E-state index contributed by atoms with van der Waals surface area (Å²) in [6.45, 7) is 9.75. The summed E-state index contributed by atoms with van der Waals surface area (Å²) in [5, 5.41) is 0. The van der Waals surface area contributed by atoms with Crippen LogP contribution >= 0.6 is 0 Å². The first-order chi connectivity index (χ1) is 11.1. The van der Waals surface area contributed by atoms with Crippen LogP contribution in [0, 0.1) is 28.6 Å². The maximum atomic E-state index is 12.2. The lowest BCUT2D eigenvalue weighted by molar-refractivity contribution is -0.135. The SMILES string of the molecule is CN(C)C(=O)C1CCC(C(C)(C)C(C)(C)C2CC[S+]([O-])CC2)CC1. The van der Waals surface area contributed by atoms with Crippen LogP contribution in [0.4, 0.5) is 0 Å². The number of amides is 1. The number of nitrogens with zero attached hydrogens (tertiary/aromatic N) is 1. The molecule has 0 radical (unpaired) electrons. The van der Waals surface area contributed by atoms with Crippen molar-refractivity contribution in [1.82, 2.24) is 4.90 Å². The van der Waals surface area contributed by atoms with Crippen LogP contribution in [0.5, 0.6) is 0 Å². The molecule has 140 valence electrons. The molecule has 24 heavy (non-hydrogen) atoms. The van der Waals surface area contributed by atoms with Crippen LogP contribution in [0.1, 0.15) is 66.2 Å². The molecule has 4 heteroatoms. The Morgan fingerprint density at radius 2 is 1.29 bits per heavy atom. The number of hydrogen-bond acceptors (Lipinski definition) is 2. The van der Waals surface area contributed by atoms with Gasteiger partial charge >= 0.3 is 0 Å². The summed E-state index contributed by atoms with van der Waals surface area (Å²) in [7, 11) is 3.74. The van der Waals surface area contributed by atoms with E-state index < -0.39 is 11.2 Å². The zero-order valence-electron chi connectivity index (χ0n) is 16.6. The molecule has 0 aromatic rings. The van der Waals surface area contributed by atoms with Gasteiger partial charge in [-0.1, -0.05) is 38.9 Å². The molecule has 0 bridgehead atoms. The van der Waals surface area contributed by atoms with Gasteiger partial charge in [0.2, 0.25) is 5.91 Å². The van der Waals surface area contributed by atoms with Crippen molar-refractivity contribution in [3.8, 4) is 0 Å². The first-order valence-corrected chi connectivity index (χ1v) is 11.1. The molecule has 1 heterocycles. The van der Waals surface area contributed by atoms with Crippen LogP contribution in [-0.4, -0.2) is 41.0 Å². The second kappa shape index (κ2) is 7.57. The molecular weight excluding hydrogens is 318 g/mol. The summed E-state index contributed by atoms with van der Waals surface area (Å²) in [6, 6.07) is 0. The van der Waals surface area contributed by atoms with E-state index in [0.29, 0.717) is 17.7 Å². The maximum absolute atomic E-state index is 12.2. The lowest BCUT2D eigenvalue weighted by Crippen LogP contribution is -2.47. The van der Waals surface area contributed by atoms with Crippen molar-refractivity contribution >= 4 is 17.1 Å². The molecule has 0 aromatic heterocycles. The molecule has 2 fully saturated rings. The molecule has 0 aromatic carbocycles. The summed E-state index contributed by atoms with van der Waals surface area (Å²) >= 11 is -0.584. The van der Waals surface area contributed by atoms with Crippen molar-refractivity contribution in [2.24, 2.45) is 28.6 Å². The standard InChI is InChI=1S/C20H37NO2S/c1-19(2,20(3,4)17-11-13-24(23)14-12-17)16-9-7-15(8-10-16)18(22)21(5)6/h15-17H,7-14H2,1-6H3. The van der Waals surface area contributed by atoms with Crippen LogP contribution in [-0.2, 0) is 16.0 Å². The molecule has 1 aliphatic carbocycles. The highest BCUT2D eigenvalue weighted by Crippen LogP contribution is 2.55. The third kappa shape index (κ3) is 3.95. The van der Waals surface area contributed by atoms with Crippen molar-refractivity contribution in [3.05, 3.63) is 0 Å². The Morgan fingerprint density at radius 3 is 1.71 bits per heavy atom. The van der Waals surface area contributed by atoms with Crippen LogP contribution in [0.2, 0.25) is 0 Å². The summed E-state index contributed by atoms with van der Waals surface area (Å²) in [4.78, 5) is 14.0. The number of carbonyl (C=O) groups excluding carboxylic acids is 1. The lowest BCUT2D eigenvalue weighted by atomic mass is 9.52. The van der Waals surface area contributed by atoms with Crippen LogP contribution in [0.3, 0.4) is 0 Å². The van der Waals surface area contributed by atoms with Crippen LogP contribution in [0.25, 0.3) is 0 Å². The molecule has 3 nitrogen and oxygen atoms in total. The number of hydrogen-bond donors (Lipinski definition) is 0. The smallest absolute Gasteiger partial charge is 0.225 e. The molecule has 0 atom stereocenters. The van der Waals surface area contributed by atoms with Crippen molar-refractivity contribution in [2.75, 3.05) is 25.6 Å². The Bertz CT molecular complexity index is 431. The Morgan fingerprint density at radius 1 is 0.875 bits per heavy atom. The lowest BCUT2D eigenvalue weighted by Gasteiger charge is -2.53. The highest BCUT2D eigenvalue weighted by molar-refractivity contribution is 7.91. The van der Waals surface area contributed by atoms with Gasteiger partial charge in [0.15, 0.2) is 0 Å². The molecule has 2 rings (SSSR count). The Kier molecular flexibility index (Phi) is 6.34. The largest absolute Gasteiger partial charge is 0.616 e.